The van der Waals surface area contributed by atoms with Gasteiger partial charge in [-0.25, -0.2) is 0 Å². The van der Waals surface area contributed by atoms with Gasteiger partial charge in [-0.3, -0.25) is 4.79 Å². The van der Waals surface area contributed by atoms with Crippen LogP contribution in [0.25, 0.3) is 0 Å². The van der Waals surface area contributed by atoms with Crippen molar-refractivity contribution in [1.82, 2.24) is 0 Å². The van der Waals surface area contributed by atoms with Crippen molar-refractivity contribution in [3.05, 3.63) is 64.2 Å². The molecule has 38 heavy (non-hydrogen) atoms. The van der Waals surface area contributed by atoms with Crippen LogP contribution in [0.15, 0.2) is 42.5 Å². The summed E-state index contributed by atoms with van der Waals surface area (Å²) in [4.78, 5) is 12.3. The highest BCUT2D eigenvalue weighted by Crippen LogP contribution is 2.51. The first-order valence-electron chi connectivity index (χ1n) is 13.6. The Balaban J connectivity index is 1.70. The Hall–Kier alpha value is -2.00. The molecule has 0 radical (unpaired) electrons. The lowest BCUT2D eigenvalue weighted by Crippen LogP contribution is -2.66. The average Bonchev–Trinajstić information content (AvgIpc) is 3.30. The molecule has 8 heteroatoms. The number of aliphatic hydroxyl groups excluding tert-OH is 1. The monoisotopic (exact) mass is 546 g/mol. The normalized spacial score (nSPS) is 28.4. The Bertz CT molecular complexity index is 1060. The van der Waals surface area contributed by atoms with Gasteiger partial charge in [0.1, 0.15) is 24.1 Å². The average molecular weight is 547 g/mol. The summed E-state index contributed by atoms with van der Waals surface area (Å²) in [7, 11) is 0. The predicted molar refractivity (Wildman–Crippen MR) is 145 cm³/mol. The number of aliphatic hydroxyl groups is 1. The van der Waals surface area contributed by atoms with E-state index in [0.717, 1.165) is 42.6 Å². The molecule has 0 spiro atoms. The zero-order valence-corrected chi connectivity index (χ0v) is 23.2. The van der Waals surface area contributed by atoms with Crippen molar-refractivity contribution < 1.29 is 33.6 Å². The van der Waals surface area contributed by atoms with Gasteiger partial charge in [0, 0.05) is 23.8 Å². The Labute approximate surface area is 230 Å². The van der Waals surface area contributed by atoms with E-state index in [1.165, 1.54) is 0 Å². The highest BCUT2D eigenvalue weighted by atomic mass is 35.5. The summed E-state index contributed by atoms with van der Waals surface area (Å²) in [6, 6.07) is 13.5. The summed E-state index contributed by atoms with van der Waals surface area (Å²) in [5, 5.41) is 11.9. The van der Waals surface area contributed by atoms with Gasteiger partial charge in [0.2, 0.25) is 5.79 Å². The molecule has 0 aromatic heterocycles. The van der Waals surface area contributed by atoms with Gasteiger partial charge in [-0.2, -0.15) is 0 Å². The molecule has 0 amide bonds. The van der Waals surface area contributed by atoms with Crippen LogP contribution in [0.2, 0.25) is 5.02 Å². The quantitative estimate of drug-likeness (QED) is 0.257. The Morgan fingerprint density at radius 3 is 2.42 bits per heavy atom. The van der Waals surface area contributed by atoms with Crippen LogP contribution >= 0.6 is 11.6 Å². The lowest BCUT2D eigenvalue weighted by Gasteiger charge is -2.48. The number of benzene rings is 2. The second kappa shape index (κ2) is 12.9. The minimum Gasteiger partial charge on any atom is -0.494 e. The summed E-state index contributed by atoms with van der Waals surface area (Å²) in [6.07, 6.45) is 1.93. The van der Waals surface area contributed by atoms with E-state index in [1.807, 2.05) is 49.4 Å². The van der Waals surface area contributed by atoms with Gasteiger partial charge >= 0.3 is 0 Å². The van der Waals surface area contributed by atoms with Crippen molar-refractivity contribution in [2.75, 3.05) is 26.4 Å². The van der Waals surface area contributed by atoms with Crippen molar-refractivity contribution >= 4 is 17.9 Å². The van der Waals surface area contributed by atoms with E-state index >= 15 is 0 Å². The molecule has 1 N–H and O–H groups in total. The molecule has 2 aliphatic rings. The Kier molecular flexibility index (Phi) is 9.84. The van der Waals surface area contributed by atoms with Crippen molar-refractivity contribution in [2.45, 2.75) is 82.6 Å². The third-order valence-electron chi connectivity index (χ3n) is 7.22. The van der Waals surface area contributed by atoms with Crippen LogP contribution in [0.5, 0.6) is 5.75 Å². The van der Waals surface area contributed by atoms with Gasteiger partial charge < -0.3 is 28.8 Å². The lowest BCUT2D eigenvalue weighted by molar-refractivity contribution is -0.332. The zero-order chi connectivity index (χ0) is 27.2. The summed E-state index contributed by atoms with van der Waals surface area (Å²) < 4.78 is 30.8. The van der Waals surface area contributed by atoms with Crippen LogP contribution in [0.3, 0.4) is 0 Å². The molecule has 208 valence electrons. The highest BCUT2D eigenvalue weighted by Gasteiger charge is 2.69. The number of rotatable bonds is 14. The minimum absolute atomic E-state index is 0.101. The van der Waals surface area contributed by atoms with E-state index in [0.29, 0.717) is 43.1 Å². The van der Waals surface area contributed by atoms with Gasteiger partial charge in [0.05, 0.1) is 13.2 Å². The molecule has 2 saturated heterocycles. The largest absolute Gasteiger partial charge is 0.494 e. The van der Waals surface area contributed by atoms with E-state index in [2.05, 4.69) is 13.8 Å². The number of carbonyl (C=O) groups excluding carboxylic acids is 1. The van der Waals surface area contributed by atoms with Crippen LogP contribution in [0.1, 0.15) is 63.1 Å². The molecule has 0 unspecified atom stereocenters. The number of unbranched alkanes of at least 4 members (excludes halogenated alkanes) is 2. The number of aldehydes is 1. The van der Waals surface area contributed by atoms with Gasteiger partial charge in [0.15, 0.2) is 11.9 Å². The van der Waals surface area contributed by atoms with Crippen molar-refractivity contribution in [1.29, 1.82) is 0 Å². The molecular formula is C30H39ClO7. The van der Waals surface area contributed by atoms with Crippen molar-refractivity contribution in [3.8, 4) is 5.75 Å². The van der Waals surface area contributed by atoms with Gasteiger partial charge in [-0.15, -0.1) is 0 Å². The molecule has 4 rings (SSSR count). The summed E-state index contributed by atoms with van der Waals surface area (Å²) in [5.41, 5.74) is 1.07. The summed E-state index contributed by atoms with van der Waals surface area (Å²) in [6.45, 7) is 7.48. The number of hydrogen-bond donors (Lipinski definition) is 1. The van der Waals surface area contributed by atoms with Crippen molar-refractivity contribution in [2.24, 2.45) is 0 Å². The molecule has 0 saturated carbocycles. The minimum atomic E-state index is -1.55. The molecule has 7 nitrogen and oxygen atoms in total. The van der Waals surface area contributed by atoms with Gasteiger partial charge in [-0.1, -0.05) is 56.5 Å². The molecule has 2 heterocycles. The Morgan fingerprint density at radius 2 is 1.76 bits per heavy atom. The molecule has 2 aromatic rings. The molecule has 5 atom stereocenters. The fourth-order valence-electron chi connectivity index (χ4n) is 5.06. The van der Waals surface area contributed by atoms with Crippen LogP contribution < -0.4 is 4.74 Å². The number of halogens is 1. The standard InChI is InChI=1S/C30H39ClO7/c1-4-7-15-35-26-27(33)29(19-32)20-37-30(38-29,28(26)36-16-8-5-2)23-11-14-25(31)22(18-23)17-21-9-12-24(13-10-21)34-6-3/h9-14,18-19,26-28,33H,4-8,15-17,20H2,1-3H3/t26-,27+,28+,29-,30-/m0/s1. The number of carbonyl (C=O) groups is 1. The first-order valence-corrected chi connectivity index (χ1v) is 14.0. The van der Waals surface area contributed by atoms with E-state index in [-0.39, 0.29) is 6.61 Å². The molecular weight excluding hydrogens is 508 g/mol. The maximum Gasteiger partial charge on any atom is 0.226 e. The third-order valence-corrected chi connectivity index (χ3v) is 7.59. The molecule has 2 bridgehead atoms. The first-order chi connectivity index (χ1) is 18.4. The summed E-state index contributed by atoms with van der Waals surface area (Å²) in [5.74, 6) is -0.613. The first kappa shape index (κ1) is 29.0. The number of ether oxygens (including phenoxy) is 5. The highest BCUT2D eigenvalue weighted by molar-refractivity contribution is 6.31. The van der Waals surface area contributed by atoms with E-state index in [1.54, 1.807) is 0 Å². The molecule has 2 fully saturated rings. The van der Waals surface area contributed by atoms with Crippen LogP contribution in [-0.2, 0) is 35.9 Å². The SMILES string of the molecule is CCCCO[C@@H]1[C@@H](OCCCC)[C@@]2(c3ccc(Cl)c(Cc4ccc(OCC)cc4)c3)OC[C@](C=O)(O2)[C@@H]1O. The molecule has 0 aliphatic carbocycles. The van der Waals surface area contributed by atoms with E-state index in [4.69, 9.17) is 35.3 Å². The second-order valence-corrected chi connectivity index (χ2v) is 10.4. The summed E-state index contributed by atoms with van der Waals surface area (Å²) >= 11 is 6.64. The smallest absolute Gasteiger partial charge is 0.226 e. The van der Waals surface area contributed by atoms with Gasteiger partial charge in [-0.05, 0) is 61.6 Å². The number of hydrogen-bond acceptors (Lipinski definition) is 7. The predicted octanol–water partition coefficient (Wildman–Crippen LogP) is 5.21. The van der Waals surface area contributed by atoms with Crippen LogP contribution in [0, 0.1) is 0 Å². The fourth-order valence-corrected chi connectivity index (χ4v) is 5.24. The van der Waals surface area contributed by atoms with Crippen molar-refractivity contribution in [3.63, 3.8) is 0 Å². The molecule has 2 aromatic carbocycles. The lowest BCUT2D eigenvalue weighted by atomic mass is 9.83. The zero-order valence-electron chi connectivity index (χ0n) is 22.5. The van der Waals surface area contributed by atoms with Gasteiger partial charge in [0.25, 0.3) is 0 Å². The topological polar surface area (TPSA) is 83.5 Å². The van der Waals surface area contributed by atoms with E-state index in [9.17, 15) is 9.90 Å². The van der Waals surface area contributed by atoms with Crippen LogP contribution in [0.4, 0.5) is 0 Å². The van der Waals surface area contributed by atoms with E-state index < -0.39 is 29.7 Å². The third kappa shape index (κ3) is 5.79. The van der Waals surface area contributed by atoms with Crippen LogP contribution in [-0.4, -0.2) is 61.7 Å². The fraction of sp³-hybridized carbons (Fsp3) is 0.567. The molecule has 2 aliphatic heterocycles. The maximum absolute atomic E-state index is 12.3. The maximum atomic E-state index is 12.3. The second-order valence-electron chi connectivity index (χ2n) is 9.97. The Morgan fingerprint density at radius 1 is 1.05 bits per heavy atom. The number of fused-ring (bicyclic) bond motifs is 2.